The molecule has 280 valence electrons. The molecule has 0 unspecified atom stereocenters. The number of rotatable bonds is 5. The molecule has 2 aliphatic heterocycles. The lowest BCUT2D eigenvalue weighted by Gasteiger charge is -2.30. The number of amides is 1. The predicted octanol–water partition coefficient (Wildman–Crippen LogP) is 9.46. The molecule has 8 heteroatoms. The molecule has 54 heavy (non-hydrogen) atoms. The lowest BCUT2D eigenvalue weighted by Crippen LogP contribution is -2.40. The summed E-state index contributed by atoms with van der Waals surface area (Å²) in [6.07, 6.45) is 1.91. The van der Waals surface area contributed by atoms with Crippen molar-refractivity contribution < 1.29 is 17.8 Å². The van der Waals surface area contributed by atoms with E-state index in [1.807, 2.05) is 89.4 Å². The van der Waals surface area contributed by atoms with E-state index in [-0.39, 0.29) is 23.9 Å². The van der Waals surface area contributed by atoms with Gasteiger partial charge >= 0.3 is 6.09 Å². The standard InChI is InChI=1S/C25H29N3O2.C21H25N3/c1-17-6-9-22-20(14-17)21-16-27(24(29)30-25(3,4)5)12-11-23(21)28(22)13-10-19-8-7-18(2)26-15-19;1-15-4-7-20-18(12-15)19-14-23(3)10-9-21(19)24(20)11-8-17-6-5-16(2)22-13-17/h6-10,13-15H,11-12,16H2,1-5H3;4-7,12-13H,8-11,14H2,1-3H3/b13-10+;/i10D,13D;8D2,11D2. The topological polar surface area (TPSA) is 68.4 Å². The highest BCUT2D eigenvalue weighted by Gasteiger charge is 2.29. The van der Waals surface area contributed by atoms with E-state index in [0.717, 1.165) is 79.9 Å². The Balaban J connectivity index is 0.000000183. The quantitative estimate of drug-likeness (QED) is 0.177. The van der Waals surface area contributed by atoms with E-state index in [1.165, 1.54) is 6.20 Å². The van der Waals surface area contributed by atoms with E-state index < -0.39 is 18.5 Å². The van der Waals surface area contributed by atoms with Gasteiger partial charge in [0.15, 0.2) is 0 Å². The third-order valence-corrected chi connectivity index (χ3v) is 9.90. The SMILES string of the molecule is [2H]/C(=C(/[2H])n1c2c(c3cc(C)ccc31)CN(C(=O)OC(C)(C)C)CC2)c1ccc(C)nc1.[2H]C([2H])(c1ccc(C)nc1)C([2H])([2H])n1c2c(c3cc(C)ccc31)CN(C)CC2. The first-order valence-electron chi connectivity index (χ1n) is 21.6. The zero-order valence-corrected chi connectivity index (χ0v) is 32.7. The van der Waals surface area contributed by atoms with Crippen molar-refractivity contribution in [3.05, 3.63) is 129 Å². The zero-order valence-electron chi connectivity index (χ0n) is 38.7. The van der Waals surface area contributed by atoms with Gasteiger partial charge in [0.25, 0.3) is 0 Å². The van der Waals surface area contributed by atoms with Crippen LogP contribution in [-0.2, 0) is 43.5 Å². The molecule has 1 amide bonds. The molecule has 2 aliphatic rings. The second-order valence-corrected chi connectivity index (χ2v) is 15.6. The Hall–Kier alpha value is -5.21. The highest BCUT2D eigenvalue weighted by molar-refractivity contribution is 5.90. The van der Waals surface area contributed by atoms with Crippen LogP contribution < -0.4 is 0 Å². The number of pyridine rings is 2. The number of aryl methyl sites for hydroxylation is 6. The van der Waals surface area contributed by atoms with Crippen LogP contribution in [0.1, 0.15) is 85.2 Å². The smallest absolute Gasteiger partial charge is 0.410 e. The maximum absolute atomic E-state index is 12.7. The van der Waals surface area contributed by atoms with Crippen LogP contribution in [0.5, 0.6) is 0 Å². The second kappa shape index (κ2) is 15.3. The Morgan fingerprint density at radius 3 is 2.15 bits per heavy atom. The summed E-state index contributed by atoms with van der Waals surface area (Å²) in [4.78, 5) is 25.1. The van der Waals surface area contributed by atoms with Gasteiger partial charge in [-0.25, -0.2) is 4.79 Å². The van der Waals surface area contributed by atoms with Crippen molar-refractivity contribution in [2.75, 3.05) is 20.1 Å². The average molecular weight is 729 g/mol. The van der Waals surface area contributed by atoms with Crippen LogP contribution in [0.3, 0.4) is 0 Å². The van der Waals surface area contributed by atoms with E-state index in [1.54, 1.807) is 27.8 Å². The number of hydrogen-bond donors (Lipinski definition) is 0. The minimum atomic E-state index is -2.26. The van der Waals surface area contributed by atoms with E-state index in [4.69, 9.17) is 13.0 Å². The number of aromatic nitrogens is 4. The molecule has 0 bridgehead atoms. The molecule has 0 N–H and O–H groups in total. The molecule has 0 spiro atoms. The first-order chi connectivity index (χ1) is 28.2. The fourth-order valence-electron chi connectivity index (χ4n) is 7.14. The lowest BCUT2D eigenvalue weighted by atomic mass is 10.0. The molecule has 0 radical (unpaired) electrons. The van der Waals surface area contributed by atoms with Gasteiger partial charge in [-0.3, -0.25) is 9.97 Å². The Morgan fingerprint density at radius 1 is 0.833 bits per heavy atom. The summed E-state index contributed by atoms with van der Waals surface area (Å²) in [5.41, 5.74) is 9.79. The van der Waals surface area contributed by atoms with Crippen molar-refractivity contribution in [2.45, 2.75) is 92.9 Å². The van der Waals surface area contributed by atoms with Crippen LogP contribution in [0, 0.1) is 27.7 Å². The summed E-state index contributed by atoms with van der Waals surface area (Å²) in [5.74, 6) is 0. The van der Waals surface area contributed by atoms with Gasteiger partial charge in [0.05, 0.1) is 17.5 Å². The van der Waals surface area contributed by atoms with E-state index in [0.29, 0.717) is 31.5 Å². The van der Waals surface area contributed by atoms with E-state index >= 15 is 0 Å². The average Bonchev–Trinajstić information content (AvgIpc) is 3.68. The van der Waals surface area contributed by atoms with Gasteiger partial charge in [-0.2, -0.15) is 0 Å². The van der Waals surface area contributed by atoms with Crippen molar-refractivity contribution in [1.29, 1.82) is 0 Å². The summed E-state index contributed by atoms with van der Waals surface area (Å²) in [7, 11) is 2.06. The monoisotopic (exact) mass is 728 g/mol. The molecule has 0 atom stereocenters. The van der Waals surface area contributed by atoms with Crippen molar-refractivity contribution in [3.8, 4) is 0 Å². The summed E-state index contributed by atoms with van der Waals surface area (Å²) in [6, 6.07) is 19.2. The molecule has 8 nitrogen and oxygen atoms in total. The zero-order chi connectivity index (χ0) is 43.5. The highest BCUT2D eigenvalue weighted by atomic mass is 16.6. The van der Waals surface area contributed by atoms with Gasteiger partial charge < -0.3 is 23.7 Å². The molecule has 8 rings (SSSR count). The third kappa shape index (κ3) is 8.14. The van der Waals surface area contributed by atoms with Crippen LogP contribution in [0.25, 0.3) is 34.0 Å². The van der Waals surface area contributed by atoms with Gasteiger partial charge in [-0.1, -0.05) is 35.4 Å². The lowest BCUT2D eigenvalue weighted by molar-refractivity contribution is 0.0224. The Labute approximate surface area is 328 Å². The maximum Gasteiger partial charge on any atom is 0.410 e. The van der Waals surface area contributed by atoms with E-state index in [2.05, 4.69) is 34.0 Å². The van der Waals surface area contributed by atoms with Crippen LogP contribution >= 0.6 is 0 Å². The number of ether oxygens (including phenoxy) is 1. The molecular formula is C46H54N6O2. The molecule has 0 aliphatic carbocycles. The first kappa shape index (κ1) is 30.2. The fourth-order valence-corrected chi connectivity index (χ4v) is 7.14. The van der Waals surface area contributed by atoms with Crippen LogP contribution in [0.4, 0.5) is 4.79 Å². The molecule has 0 fully saturated rings. The summed E-state index contributed by atoms with van der Waals surface area (Å²) in [5, 5.41) is 2.02. The normalized spacial score (nSPS) is 17.1. The Kier molecular flexibility index (Phi) is 8.52. The minimum absolute atomic E-state index is 0.108. The Bertz CT molecular complexity index is 2620. The van der Waals surface area contributed by atoms with Gasteiger partial charge in [0.2, 0.25) is 0 Å². The third-order valence-electron chi connectivity index (χ3n) is 9.90. The molecule has 0 saturated heterocycles. The number of nitrogens with zero attached hydrogens (tertiary/aromatic N) is 6. The maximum atomic E-state index is 12.7. The van der Waals surface area contributed by atoms with Gasteiger partial charge in [-0.05, 0) is 121 Å². The van der Waals surface area contributed by atoms with Crippen molar-refractivity contribution >= 4 is 40.1 Å². The van der Waals surface area contributed by atoms with Crippen LogP contribution in [-0.4, -0.2) is 60.7 Å². The molecule has 0 saturated carbocycles. The minimum Gasteiger partial charge on any atom is -0.444 e. The fraction of sp³-hybridized carbons (Fsp3) is 0.370. The number of carbonyl (C=O) groups is 1. The summed E-state index contributed by atoms with van der Waals surface area (Å²) < 4.78 is 61.8. The van der Waals surface area contributed by atoms with Crippen LogP contribution in [0.2, 0.25) is 0 Å². The summed E-state index contributed by atoms with van der Waals surface area (Å²) in [6.45, 7) is 13.6. The molecule has 6 heterocycles. The second-order valence-electron chi connectivity index (χ2n) is 15.6. The largest absolute Gasteiger partial charge is 0.444 e. The predicted molar refractivity (Wildman–Crippen MR) is 221 cm³/mol. The van der Waals surface area contributed by atoms with Gasteiger partial charge in [-0.15, -0.1) is 0 Å². The first-order valence-corrected chi connectivity index (χ1v) is 18.6. The molecule has 6 aromatic rings. The number of likely N-dealkylation sites (N-methyl/N-ethyl adjacent to an activating group) is 1. The van der Waals surface area contributed by atoms with E-state index in [9.17, 15) is 4.79 Å². The number of fused-ring (bicyclic) bond motifs is 6. The van der Waals surface area contributed by atoms with Crippen molar-refractivity contribution in [2.24, 2.45) is 0 Å². The van der Waals surface area contributed by atoms with Crippen molar-refractivity contribution in [1.82, 2.24) is 28.9 Å². The molecule has 4 aromatic heterocycles. The van der Waals surface area contributed by atoms with Gasteiger partial charge in [0.1, 0.15) is 5.60 Å². The molecule has 2 aromatic carbocycles. The van der Waals surface area contributed by atoms with Gasteiger partial charge in [0, 0.05) is 105 Å². The number of benzene rings is 2. The highest BCUT2D eigenvalue weighted by Crippen LogP contribution is 2.34. The summed E-state index contributed by atoms with van der Waals surface area (Å²) >= 11 is 0. The number of carbonyl (C=O) groups excluding carboxylic acids is 1. The van der Waals surface area contributed by atoms with Crippen molar-refractivity contribution in [3.63, 3.8) is 0 Å². The van der Waals surface area contributed by atoms with Crippen LogP contribution in [0.15, 0.2) is 73.1 Å². The molecular weight excluding hydrogens is 669 g/mol. The Morgan fingerprint density at radius 2 is 1.48 bits per heavy atom. The number of hydrogen-bond acceptors (Lipinski definition) is 5.